The molecule has 0 aliphatic carbocycles. The first-order valence-corrected chi connectivity index (χ1v) is 7.57. The first kappa shape index (κ1) is 12.3. The molecule has 0 unspecified atom stereocenters. The average molecular weight is 272 g/mol. The number of pyridine rings is 1. The van der Waals surface area contributed by atoms with Gasteiger partial charge in [-0.05, 0) is 41.3 Å². The van der Waals surface area contributed by atoms with Crippen LogP contribution in [0.2, 0.25) is 0 Å². The van der Waals surface area contributed by atoms with Crippen LogP contribution in [0.5, 0.6) is 0 Å². The molecule has 4 rings (SSSR count). The number of aryl methyl sites for hydroxylation is 1. The van der Waals surface area contributed by atoms with Crippen molar-refractivity contribution in [3.63, 3.8) is 0 Å². The fraction of sp³-hybridized carbons (Fsp3) is 0.150. The van der Waals surface area contributed by atoms with E-state index in [4.69, 9.17) is 0 Å². The quantitative estimate of drug-likeness (QED) is 0.481. The van der Waals surface area contributed by atoms with Crippen LogP contribution < -0.4 is 4.57 Å². The molecule has 102 valence electrons. The molecule has 0 saturated carbocycles. The SMILES string of the molecule is CCc1ccccc1-c1ccc2c(c1)C[n+]1ccccc1-2. The maximum Gasteiger partial charge on any atom is 0.213 e. The zero-order valence-electron chi connectivity index (χ0n) is 12.2. The van der Waals surface area contributed by atoms with Gasteiger partial charge >= 0.3 is 0 Å². The van der Waals surface area contributed by atoms with Gasteiger partial charge in [0, 0.05) is 17.7 Å². The van der Waals surface area contributed by atoms with Crippen LogP contribution in [-0.4, -0.2) is 0 Å². The minimum atomic E-state index is 0.980. The van der Waals surface area contributed by atoms with Crippen molar-refractivity contribution in [2.24, 2.45) is 0 Å². The van der Waals surface area contributed by atoms with Crippen molar-refractivity contribution >= 4 is 0 Å². The zero-order chi connectivity index (χ0) is 14.2. The Morgan fingerprint density at radius 3 is 2.67 bits per heavy atom. The van der Waals surface area contributed by atoms with Crippen molar-refractivity contribution in [1.29, 1.82) is 0 Å². The molecular weight excluding hydrogens is 254 g/mol. The summed E-state index contributed by atoms with van der Waals surface area (Å²) in [6, 6.07) is 22.0. The molecule has 0 N–H and O–H groups in total. The lowest BCUT2D eigenvalue weighted by atomic mass is 9.95. The van der Waals surface area contributed by atoms with Crippen molar-refractivity contribution < 1.29 is 4.57 Å². The predicted octanol–water partition coefficient (Wildman–Crippen LogP) is 4.23. The molecule has 2 heterocycles. The molecule has 0 radical (unpaired) electrons. The van der Waals surface area contributed by atoms with Gasteiger partial charge in [-0.3, -0.25) is 0 Å². The van der Waals surface area contributed by atoms with E-state index in [0.717, 1.165) is 13.0 Å². The van der Waals surface area contributed by atoms with Gasteiger partial charge < -0.3 is 0 Å². The Hall–Kier alpha value is -2.41. The third-order valence-corrected chi connectivity index (χ3v) is 4.37. The Kier molecular flexibility index (Phi) is 2.85. The summed E-state index contributed by atoms with van der Waals surface area (Å²) in [4.78, 5) is 0. The molecule has 0 spiro atoms. The van der Waals surface area contributed by atoms with E-state index in [0.29, 0.717) is 0 Å². The third kappa shape index (κ3) is 1.97. The summed E-state index contributed by atoms with van der Waals surface area (Å²) >= 11 is 0. The number of fused-ring (bicyclic) bond motifs is 3. The summed E-state index contributed by atoms with van der Waals surface area (Å²) in [7, 11) is 0. The van der Waals surface area contributed by atoms with Crippen LogP contribution in [-0.2, 0) is 13.0 Å². The van der Waals surface area contributed by atoms with E-state index in [9.17, 15) is 0 Å². The van der Waals surface area contributed by atoms with Crippen LogP contribution in [0.25, 0.3) is 22.4 Å². The second-order valence-corrected chi connectivity index (χ2v) is 5.60. The molecule has 1 aromatic heterocycles. The van der Waals surface area contributed by atoms with Crippen LogP contribution in [0.1, 0.15) is 18.1 Å². The zero-order valence-corrected chi connectivity index (χ0v) is 12.2. The van der Waals surface area contributed by atoms with Gasteiger partial charge in [0.25, 0.3) is 0 Å². The highest BCUT2D eigenvalue weighted by Gasteiger charge is 2.25. The average Bonchev–Trinajstić information content (AvgIpc) is 2.92. The Morgan fingerprint density at radius 2 is 1.76 bits per heavy atom. The van der Waals surface area contributed by atoms with Crippen LogP contribution in [0.3, 0.4) is 0 Å². The van der Waals surface area contributed by atoms with E-state index < -0.39 is 0 Å². The lowest BCUT2D eigenvalue weighted by molar-refractivity contribution is -0.672. The molecule has 0 saturated heterocycles. The van der Waals surface area contributed by atoms with Crippen molar-refractivity contribution in [3.05, 3.63) is 78.0 Å². The first-order chi connectivity index (χ1) is 10.4. The largest absolute Gasteiger partial charge is 0.213 e. The summed E-state index contributed by atoms with van der Waals surface area (Å²) in [5.41, 5.74) is 8.23. The minimum absolute atomic E-state index is 0.980. The van der Waals surface area contributed by atoms with Crippen LogP contribution in [0.15, 0.2) is 66.9 Å². The molecular formula is C20H18N+. The maximum atomic E-state index is 2.36. The highest BCUT2D eigenvalue weighted by molar-refractivity contribution is 5.73. The van der Waals surface area contributed by atoms with Gasteiger partial charge in [-0.15, -0.1) is 0 Å². The van der Waals surface area contributed by atoms with E-state index in [1.807, 2.05) is 0 Å². The summed E-state index contributed by atoms with van der Waals surface area (Å²) < 4.78 is 2.32. The number of rotatable bonds is 2. The van der Waals surface area contributed by atoms with Gasteiger partial charge in [-0.2, -0.15) is 4.57 Å². The Morgan fingerprint density at radius 1 is 0.905 bits per heavy atom. The molecule has 2 aromatic carbocycles. The molecule has 1 aliphatic rings. The monoisotopic (exact) mass is 272 g/mol. The smallest absolute Gasteiger partial charge is 0.194 e. The number of benzene rings is 2. The van der Waals surface area contributed by atoms with Gasteiger partial charge in [-0.25, -0.2) is 0 Å². The van der Waals surface area contributed by atoms with Gasteiger partial charge in [0.15, 0.2) is 12.7 Å². The summed E-state index contributed by atoms with van der Waals surface area (Å²) in [6.07, 6.45) is 3.23. The molecule has 1 nitrogen and oxygen atoms in total. The molecule has 21 heavy (non-hydrogen) atoms. The molecule has 3 aromatic rings. The van der Waals surface area contributed by atoms with E-state index in [1.165, 1.54) is 33.5 Å². The van der Waals surface area contributed by atoms with Gasteiger partial charge in [-0.1, -0.05) is 37.3 Å². The van der Waals surface area contributed by atoms with Crippen molar-refractivity contribution in [2.45, 2.75) is 19.9 Å². The predicted molar refractivity (Wildman–Crippen MR) is 86.0 cm³/mol. The minimum Gasteiger partial charge on any atom is -0.194 e. The lowest BCUT2D eigenvalue weighted by Crippen LogP contribution is -2.31. The third-order valence-electron chi connectivity index (χ3n) is 4.37. The van der Waals surface area contributed by atoms with E-state index in [1.54, 1.807) is 0 Å². The highest BCUT2D eigenvalue weighted by atomic mass is 15.0. The molecule has 1 aliphatic heterocycles. The topological polar surface area (TPSA) is 3.88 Å². The number of hydrogen-bond donors (Lipinski definition) is 0. The van der Waals surface area contributed by atoms with Gasteiger partial charge in [0.05, 0.1) is 5.56 Å². The van der Waals surface area contributed by atoms with Crippen LogP contribution >= 0.6 is 0 Å². The van der Waals surface area contributed by atoms with Crippen LogP contribution in [0, 0.1) is 0 Å². The van der Waals surface area contributed by atoms with Crippen LogP contribution in [0.4, 0.5) is 0 Å². The molecule has 0 bridgehead atoms. The van der Waals surface area contributed by atoms with Crippen molar-refractivity contribution in [1.82, 2.24) is 0 Å². The Labute approximate surface area is 125 Å². The second-order valence-electron chi connectivity index (χ2n) is 5.60. The first-order valence-electron chi connectivity index (χ1n) is 7.57. The number of nitrogens with zero attached hydrogens (tertiary/aromatic N) is 1. The summed E-state index contributed by atoms with van der Waals surface area (Å²) in [6.45, 7) is 3.20. The summed E-state index contributed by atoms with van der Waals surface area (Å²) in [5, 5.41) is 0. The fourth-order valence-electron chi connectivity index (χ4n) is 3.29. The Balaban J connectivity index is 1.83. The van der Waals surface area contributed by atoms with E-state index in [2.05, 4.69) is 78.4 Å². The van der Waals surface area contributed by atoms with Gasteiger partial charge in [0.2, 0.25) is 5.69 Å². The summed E-state index contributed by atoms with van der Waals surface area (Å²) in [5.74, 6) is 0. The van der Waals surface area contributed by atoms with Gasteiger partial charge in [0.1, 0.15) is 0 Å². The molecule has 0 amide bonds. The maximum absolute atomic E-state index is 2.36. The standard InChI is InChI=1S/C20H18N/c1-2-15-7-3-4-8-18(15)16-10-11-19-17(13-16)14-21-12-6-5-9-20(19)21/h3-13H,2,14H2,1H3/q+1. The Bertz CT molecular complexity index is 818. The lowest BCUT2D eigenvalue weighted by Gasteiger charge is -2.08. The highest BCUT2D eigenvalue weighted by Crippen LogP contribution is 2.32. The molecule has 1 heteroatoms. The van der Waals surface area contributed by atoms with Crippen molar-refractivity contribution in [2.75, 3.05) is 0 Å². The molecule has 0 atom stereocenters. The van der Waals surface area contributed by atoms with Crippen molar-refractivity contribution in [3.8, 4) is 22.4 Å². The number of hydrogen-bond acceptors (Lipinski definition) is 0. The normalized spacial score (nSPS) is 12.0. The number of aromatic nitrogens is 1. The van der Waals surface area contributed by atoms with E-state index in [-0.39, 0.29) is 0 Å². The van der Waals surface area contributed by atoms with E-state index >= 15 is 0 Å². The molecule has 0 fully saturated rings. The second kappa shape index (κ2) is 4.85. The fourth-order valence-corrected chi connectivity index (χ4v) is 3.29.